The van der Waals surface area contributed by atoms with Crippen LogP contribution in [0.25, 0.3) is 11.0 Å². The monoisotopic (exact) mass is 364 g/mol. The van der Waals surface area contributed by atoms with E-state index in [1.54, 1.807) is 17.1 Å². The molecule has 2 aromatic carbocycles. The van der Waals surface area contributed by atoms with Crippen LogP contribution in [0.1, 0.15) is 31.7 Å². The van der Waals surface area contributed by atoms with Crippen molar-refractivity contribution < 1.29 is 9.53 Å². The van der Waals surface area contributed by atoms with Crippen molar-refractivity contribution in [2.24, 2.45) is 5.10 Å². The fraction of sp³-hybridized carbons (Fsp3) is 0.286. The van der Waals surface area contributed by atoms with Crippen molar-refractivity contribution in [3.8, 4) is 5.75 Å². The van der Waals surface area contributed by atoms with Gasteiger partial charge in [0.1, 0.15) is 12.3 Å². The fourth-order valence-corrected chi connectivity index (χ4v) is 2.70. The van der Waals surface area contributed by atoms with Crippen LogP contribution < -0.4 is 10.2 Å². The Kier molecular flexibility index (Phi) is 6.57. The summed E-state index contributed by atoms with van der Waals surface area (Å²) in [6.45, 7) is 3.08. The molecule has 0 aliphatic carbocycles. The third-order valence-corrected chi connectivity index (χ3v) is 4.14. The number of nitrogens with zero attached hydrogens (tertiary/aromatic N) is 3. The van der Waals surface area contributed by atoms with E-state index in [1.165, 1.54) is 12.8 Å². The first-order valence-corrected chi connectivity index (χ1v) is 9.21. The smallest absolute Gasteiger partial charge is 0.260 e. The number of carbonyl (C=O) groups is 1. The number of hydrogen-bond donors (Lipinski definition) is 1. The summed E-state index contributed by atoms with van der Waals surface area (Å²) in [5.74, 6) is 0.643. The standard InChI is InChI=1S/C21H24N4O2/c1-2-3-6-13-27-18-11-9-17(10-12-18)14-23-24-21(26)15-25-16-22-19-7-4-5-8-20(19)25/h4-5,7-12,14,16H,2-3,6,13,15H2,1H3,(H,24,26)/b23-14-. The van der Waals surface area contributed by atoms with Gasteiger partial charge in [-0.15, -0.1) is 0 Å². The first kappa shape index (κ1) is 18.6. The van der Waals surface area contributed by atoms with Gasteiger partial charge < -0.3 is 9.30 Å². The summed E-state index contributed by atoms with van der Waals surface area (Å²) in [4.78, 5) is 16.3. The molecule has 0 aliphatic heterocycles. The molecule has 0 aliphatic rings. The summed E-state index contributed by atoms with van der Waals surface area (Å²) < 4.78 is 7.47. The molecule has 6 nitrogen and oxygen atoms in total. The number of ether oxygens (including phenoxy) is 1. The van der Waals surface area contributed by atoms with Gasteiger partial charge in [-0.25, -0.2) is 10.4 Å². The Morgan fingerprint density at radius 2 is 2.00 bits per heavy atom. The second kappa shape index (κ2) is 9.52. The molecule has 0 fully saturated rings. The van der Waals surface area contributed by atoms with Gasteiger partial charge in [0, 0.05) is 0 Å². The van der Waals surface area contributed by atoms with Crippen molar-refractivity contribution >= 4 is 23.2 Å². The minimum absolute atomic E-state index is 0.169. The summed E-state index contributed by atoms with van der Waals surface area (Å²) >= 11 is 0. The molecule has 6 heteroatoms. The van der Waals surface area contributed by atoms with Gasteiger partial charge in [-0.05, 0) is 48.4 Å². The Labute approximate surface area is 158 Å². The maximum atomic E-state index is 12.1. The van der Waals surface area contributed by atoms with Gasteiger partial charge in [-0.1, -0.05) is 31.9 Å². The van der Waals surface area contributed by atoms with Gasteiger partial charge in [0.25, 0.3) is 5.91 Å². The van der Waals surface area contributed by atoms with Crippen molar-refractivity contribution in [2.75, 3.05) is 6.61 Å². The van der Waals surface area contributed by atoms with Crippen LogP contribution in [0.5, 0.6) is 5.75 Å². The Morgan fingerprint density at radius 3 is 2.81 bits per heavy atom. The predicted octanol–water partition coefficient (Wildman–Crippen LogP) is 3.76. The lowest BCUT2D eigenvalue weighted by atomic mass is 10.2. The number of para-hydroxylation sites is 2. The Morgan fingerprint density at radius 1 is 1.19 bits per heavy atom. The number of amides is 1. The minimum Gasteiger partial charge on any atom is -0.494 e. The maximum Gasteiger partial charge on any atom is 0.260 e. The van der Waals surface area contributed by atoms with Crippen molar-refractivity contribution in [3.05, 3.63) is 60.4 Å². The first-order chi connectivity index (χ1) is 13.3. The minimum atomic E-state index is -0.203. The third-order valence-electron chi connectivity index (χ3n) is 4.14. The summed E-state index contributed by atoms with van der Waals surface area (Å²) in [5, 5.41) is 4.02. The first-order valence-electron chi connectivity index (χ1n) is 9.21. The van der Waals surface area contributed by atoms with E-state index in [-0.39, 0.29) is 12.5 Å². The summed E-state index contributed by atoms with van der Waals surface area (Å²) in [6, 6.07) is 15.3. The number of hydrogen-bond acceptors (Lipinski definition) is 4. The number of aromatic nitrogens is 2. The van der Waals surface area contributed by atoms with Crippen molar-refractivity contribution in [1.29, 1.82) is 0 Å². The molecule has 0 radical (unpaired) electrons. The van der Waals surface area contributed by atoms with Crippen LogP contribution in [-0.2, 0) is 11.3 Å². The molecular formula is C21H24N4O2. The molecule has 0 saturated carbocycles. The van der Waals surface area contributed by atoms with Gasteiger partial charge in [-0.3, -0.25) is 4.79 Å². The molecule has 0 spiro atoms. The van der Waals surface area contributed by atoms with E-state index in [4.69, 9.17) is 4.74 Å². The number of unbranched alkanes of at least 4 members (excludes halogenated alkanes) is 2. The second-order valence-electron chi connectivity index (χ2n) is 6.28. The second-order valence-corrected chi connectivity index (χ2v) is 6.28. The molecule has 0 saturated heterocycles. The molecule has 0 bridgehead atoms. The van der Waals surface area contributed by atoms with E-state index in [0.717, 1.165) is 35.4 Å². The van der Waals surface area contributed by atoms with Crippen LogP contribution in [0.15, 0.2) is 60.0 Å². The van der Waals surface area contributed by atoms with E-state index >= 15 is 0 Å². The highest BCUT2D eigenvalue weighted by Crippen LogP contribution is 2.12. The maximum absolute atomic E-state index is 12.1. The zero-order chi connectivity index (χ0) is 18.9. The van der Waals surface area contributed by atoms with E-state index in [1.807, 2.05) is 48.5 Å². The lowest BCUT2D eigenvalue weighted by Crippen LogP contribution is -2.22. The Hall–Kier alpha value is -3.15. The molecule has 1 amide bonds. The largest absolute Gasteiger partial charge is 0.494 e. The van der Waals surface area contributed by atoms with E-state index in [9.17, 15) is 4.79 Å². The molecular weight excluding hydrogens is 340 g/mol. The summed E-state index contributed by atoms with van der Waals surface area (Å²) in [5.41, 5.74) is 5.23. The normalized spacial score (nSPS) is 11.1. The van der Waals surface area contributed by atoms with Gasteiger partial charge in [0.2, 0.25) is 0 Å². The van der Waals surface area contributed by atoms with Gasteiger partial charge >= 0.3 is 0 Å². The summed E-state index contributed by atoms with van der Waals surface area (Å²) in [6.07, 6.45) is 6.71. The van der Waals surface area contributed by atoms with E-state index in [0.29, 0.717) is 0 Å². The molecule has 3 aromatic rings. The number of hydrazone groups is 1. The van der Waals surface area contributed by atoms with Crippen LogP contribution in [0, 0.1) is 0 Å². The number of fused-ring (bicyclic) bond motifs is 1. The van der Waals surface area contributed by atoms with Gasteiger partial charge in [0.05, 0.1) is 30.2 Å². The molecule has 1 heterocycles. The SMILES string of the molecule is CCCCCOc1ccc(/C=N\NC(=O)Cn2cnc3ccccc32)cc1. The lowest BCUT2D eigenvalue weighted by molar-refractivity contribution is -0.121. The van der Waals surface area contributed by atoms with Crippen LogP contribution in [0.4, 0.5) is 0 Å². The Bertz CT molecular complexity index is 900. The predicted molar refractivity (Wildman–Crippen MR) is 107 cm³/mol. The third kappa shape index (κ3) is 5.41. The number of imidazole rings is 1. The molecule has 1 N–H and O–H groups in total. The molecule has 27 heavy (non-hydrogen) atoms. The Balaban J connectivity index is 1.47. The van der Waals surface area contributed by atoms with Crippen molar-refractivity contribution in [3.63, 3.8) is 0 Å². The summed E-state index contributed by atoms with van der Waals surface area (Å²) in [7, 11) is 0. The van der Waals surface area contributed by atoms with Crippen LogP contribution in [-0.4, -0.2) is 28.3 Å². The average Bonchev–Trinajstić information content (AvgIpc) is 3.09. The number of nitrogens with one attached hydrogen (secondary N) is 1. The average molecular weight is 364 g/mol. The fourth-order valence-electron chi connectivity index (χ4n) is 2.70. The topological polar surface area (TPSA) is 68.5 Å². The van der Waals surface area contributed by atoms with Gasteiger partial charge in [0.15, 0.2) is 0 Å². The quantitative estimate of drug-likeness (QED) is 0.357. The molecule has 0 unspecified atom stereocenters. The van der Waals surface area contributed by atoms with Crippen molar-refractivity contribution in [2.45, 2.75) is 32.7 Å². The molecule has 140 valence electrons. The van der Waals surface area contributed by atoms with Crippen LogP contribution in [0.3, 0.4) is 0 Å². The lowest BCUT2D eigenvalue weighted by Gasteiger charge is -2.05. The zero-order valence-corrected chi connectivity index (χ0v) is 15.5. The molecule has 3 rings (SSSR count). The van der Waals surface area contributed by atoms with E-state index < -0.39 is 0 Å². The molecule has 0 atom stereocenters. The van der Waals surface area contributed by atoms with Crippen molar-refractivity contribution in [1.82, 2.24) is 15.0 Å². The number of benzene rings is 2. The van der Waals surface area contributed by atoms with Crippen LogP contribution >= 0.6 is 0 Å². The number of carbonyl (C=O) groups excluding carboxylic acids is 1. The number of rotatable bonds is 9. The highest BCUT2D eigenvalue weighted by atomic mass is 16.5. The zero-order valence-electron chi connectivity index (χ0n) is 15.5. The highest BCUT2D eigenvalue weighted by molar-refractivity contribution is 5.83. The van der Waals surface area contributed by atoms with Crippen LogP contribution in [0.2, 0.25) is 0 Å². The highest BCUT2D eigenvalue weighted by Gasteiger charge is 2.05. The van der Waals surface area contributed by atoms with E-state index in [2.05, 4.69) is 22.4 Å². The molecule has 1 aromatic heterocycles. The van der Waals surface area contributed by atoms with Gasteiger partial charge in [-0.2, -0.15) is 5.10 Å².